The number of aliphatic imine (C=N–C) groups is 1. The molecule has 0 saturated heterocycles. The lowest BCUT2D eigenvalue weighted by Gasteiger charge is -2.03. The zero-order valence-electron chi connectivity index (χ0n) is 11.2. The van der Waals surface area contributed by atoms with Crippen molar-refractivity contribution in [2.75, 3.05) is 5.32 Å². The predicted octanol–water partition coefficient (Wildman–Crippen LogP) is 4.47. The van der Waals surface area contributed by atoms with Gasteiger partial charge in [-0.15, -0.1) is 0 Å². The first-order valence-corrected chi connectivity index (χ1v) is 6.98. The molecule has 0 unspecified atom stereocenters. The van der Waals surface area contributed by atoms with Crippen LogP contribution in [0.1, 0.15) is 12.0 Å². The maximum atomic E-state index is 11.9. The molecule has 21 heavy (non-hydrogen) atoms. The van der Waals surface area contributed by atoms with Crippen molar-refractivity contribution < 1.29 is 4.79 Å². The fourth-order valence-corrected chi connectivity index (χ4v) is 2.28. The molecule has 0 spiro atoms. The molecule has 3 rings (SSSR count). The van der Waals surface area contributed by atoms with E-state index in [1.165, 1.54) is 0 Å². The summed E-state index contributed by atoms with van der Waals surface area (Å²) in [4.78, 5) is 16.4. The number of benzene rings is 2. The summed E-state index contributed by atoms with van der Waals surface area (Å²) in [5.41, 5.74) is 3.16. The number of anilines is 1. The van der Waals surface area contributed by atoms with Gasteiger partial charge in [0.25, 0.3) is 0 Å². The SMILES string of the molecule is O=C1CC(/C=C/c2ccccc2)=Nc2ccc(Cl)cc2N1. The number of fused-ring (bicyclic) bond motifs is 1. The van der Waals surface area contributed by atoms with Crippen LogP contribution in [0.3, 0.4) is 0 Å². The summed E-state index contributed by atoms with van der Waals surface area (Å²) < 4.78 is 0. The van der Waals surface area contributed by atoms with E-state index in [1.807, 2.05) is 42.5 Å². The van der Waals surface area contributed by atoms with Gasteiger partial charge in [0.2, 0.25) is 5.91 Å². The molecule has 0 atom stereocenters. The maximum absolute atomic E-state index is 11.9. The lowest BCUT2D eigenvalue weighted by molar-refractivity contribution is -0.115. The number of carbonyl (C=O) groups is 1. The topological polar surface area (TPSA) is 41.5 Å². The highest BCUT2D eigenvalue weighted by Gasteiger charge is 2.14. The molecule has 1 amide bonds. The van der Waals surface area contributed by atoms with Crippen LogP contribution in [0.4, 0.5) is 11.4 Å². The summed E-state index contributed by atoms with van der Waals surface area (Å²) in [6.45, 7) is 0. The van der Waals surface area contributed by atoms with E-state index in [-0.39, 0.29) is 12.3 Å². The molecule has 0 saturated carbocycles. The number of allylic oxidation sites excluding steroid dienone is 1. The predicted molar refractivity (Wildman–Crippen MR) is 87.3 cm³/mol. The lowest BCUT2D eigenvalue weighted by atomic mass is 10.1. The minimum Gasteiger partial charge on any atom is -0.324 e. The zero-order valence-corrected chi connectivity index (χ0v) is 12.0. The Morgan fingerprint density at radius 2 is 1.90 bits per heavy atom. The van der Waals surface area contributed by atoms with Crippen LogP contribution >= 0.6 is 11.6 Å². The monoisotopic (exact) mass is 296 g/mol. The van der Waals surface area contributed by atoms with E-state index in [4.69, 9.17) is 11.6 Å². The summed E-state index contributed by atoms with van der Waals surface area (Å²) in [5.74, 6) is -0.0903. The average molecular weight is 297 g/mol. The molecule has 0 aromatic heterocycles. The van der Waals surface area contributed by atoms with E-state index in [2.05, 4.69) is 10.3 Å². The summed E-state index contributed by atoms with van der Waals surface area (Å²) >= 11 is 5.94. The van der Waals surface area contributed by atoms with Crippen molar-refractivity contribution in [2.45, 2.75) is 6.42 Å². The number of hydrogen-bond donors (Lipinski definition) is 1. The van der Waals surface area contributed by atoms with Gasteiger partial charge in [-0.05, 0) is 29.8 Å². The number of halogens is 1. The van der Waals surface area contributed by atoms with E-state index < -0.39 is 0 Å². The van der Waals surface area contributed by atoms with Gasteiger partial charge in [-0.3, -0.25) is 9.79 Å². The minimum atomic E-state index is -0.0903. The van der Waals surface area contributed by atoms with Gasteiger partial charge >= 0.3 is 0 Å². The number of nitrogens with zero attached hydrogens (tertiary/aromatic N) is 1. The van der Waals surface area contributed by atoms with Crippen LogP contribution in [0.5, 0.6) is 0 Å². The Labute approximate surface area is 128 Å². The second-order valence-corrected chi connectivity index (χ2v) is 5.17. The van der Waals surface area contributed by atoms with E-state index >= 15 is 0 Å². The molecule has 0 bridgehead atoms. The van der Waals surface area contributed by atoms with Gasteiger partial charge in [0.15, 0.2) is 0 Å². The molecule has 3 nitrogen and oxygen atoms in total. The second-order valence-electron chi connectivity index (χ2n) is 4.73. The minimum absolute atomic E-state index is 0.0903. The quantitative estimate of drug-likeness (QED) is 0.873. The van der Waals surface area contributed by atoms with Crippen molar-refractivity contribution in [3.05, 3.63) is 65.2 Å². The third-order valence-corrected chi connectivity index (χ3v) is 3.34. The smallest absolute Gasteiger partial charge is 0.230 e. The molecule has 0 aliphatic carbocycles. The van der Waals surface area contributed by atoms with Crippen LogP contribution in [-0.2, 0) is 4.79 Å². The number of hydrogen-bond acceptors (Lipinski definition) is 2. The highest BCUT2D eigenvalue weighted by molar-refractivity contribution is 6.31. The van der Waals surface area contributed by atoms with Crippen molar-refractivity contribution in [1.82, 2.24) is 0 Å². The zero-order chi connectivity index (χ0) is 14.7. The first kappa shape index (κ1) is 13.6. The first-order valence-electron chi connectivity index (χ1n) is 6.61. The van der Waals surface area contributed by atoms with Gasteiger partial charge in [-0.1, -0.05) is 48.0 Å². The number of amides is 1. The normalized spacial score (nSPS) is 14.3. The molecule has 0 fully saturated rings. The Morgan fingerprint density at radius 3 is 2.71 bits per heavy atom. The van der Waals surface area contributed by atoms with Gasteiger partial charge in [0, 0.05) is 5.02 Å². The van der Waals surface area contributed by atoms with Crippen LogP contribution in [0.2, 0.25) is 5.02 Å². The van der Waals surface area contributed by atoms with Crippen molar-refractivity contribution >= 4 is 40.7 Å². The highest BCUT2D eigenvalue weighted by atomic mass is 35.5. The molecule has 1 aliphatic rings. The van der Waals surface area contributed by atoms with Gasteiger partial charge in [-0.25, -0.2) is 0 Å². The third-order valence-electron chi connectivity index (χ3n) is 3.11. The molecular formula is C17H13ClN2O. The molecule has 0 radical (unpaired) electrons. The summed E-state index contributed by atoms with van der Waals surface area (Å²) in [5, 5.41) is 3.40. The van der Waals surface area contributed by atoms with Crippen molar-refractivity contribution in [3.8, 4) is 0 Å². The molecule has 1 N–H and O–H groups in total. The summed E-state index contributed by atoms with van der Waals surface area (Å²) in [6.07, 6.45) is 4.07. The largest absolute Gasteiger partial charge is 0.324 e. The molecular weight excluding hydrogens is 284 g/mol. The fourth-order valence-electron chi connectivity index (χ4n) is 2.11. The Bertz CT molecular complexity index is 736. The number of rotatable bonds is 2. The lowest BCUT2D eigenvalue weighted by Crippen LogP contribution is -2.13. The first-order chi connectivity index (χ1) is 10.2. The third kappa shape index (κ3) is 3.38. The van der Waals surface area contributed by atoms with Crippen LogP contribution in [0.15, 0.2) is 59.6 Å². The standard InChI is InChI=1S/C17H13ClN2O/c18-13-7-9-15-16(10-13)20-17(21)11-14(19-15)8-6-12-4-2-1-3-5-12/h1-10H,11H2,(H,20,21)/b8-6+. The second kappa shape index (κ2) is 5.94. The molecule has 1 heterocycles. The van der Waals surface area contributed by atoms with E-state index in [1.54, 1.807) is 18.2 Å². The van der Waals surface area contributed by atoms with Gasteiger partial charge in [0.1, 0.15) is 0 Å². The van der Waals surface area contributed by atoms with Crippen molar-refractivity contribution in [1.29, 1.82) is 0 Å². The maximum Gasteiger partial charge on any atom is 0.230 e. The van der Waals surface area contributed by atoms with Gasteiger partial charge in [0.05, 0.1) is 23.5 Å². The van der Waals surface area contributed by atoms with Crippen LogP contribution in [-0.4, -0.2) is 11.6 Å². The molecule has 1 aliphatic heterocycles. The Kier molecular flexibility index (Phi) is 3.84. The van der Waals surface area contributed by atoms with E-state index in [9.17, 15) is 4.79 Å². The van der Waals surface area contributed by atoms with Crippen LogP contribution in [0.25, 0.3) is 6.08 Å². The molecule has 2 aromatic rings. The Balaban J connectivity index is 1.93. The fraction of sp³-hybridized carbons (Fsp3) is 0.0588. The summed E-state index contributed by atoms with van der Waals surface area (Å²) in [7, 11) is 0. The van der Waals surface area contributed by atoms with Gasteiger partial charge < -0.3 is 5.32 Å². The summed E-state index contributed by atoms with van der Waals surface area (Å²) in [6, 6.07) is 15.2. The molecule has 104 valence electrons. The Hall–Kier alpha value is -2.39. The average Bonchev–Trinajstić information content (AvgIpc) is 2.63. The van der Waals surface area contributed by atoms with Crippen molar-refractivity contribution in [2.24, 2.45) is 4.99 Å². The molecule has 4 heteroatoms. The van der Waals surface area contributed by atoms with Gasteiger partial charge in [-0.2, -0.15) is 0 Å². The van der Waals surface area contributed by atoms with E-state index in [0.717, 1.165) is 17.0 Å². The van der Waals surface area contributed by atoms with Crippen molar-refractivity contribution in [3.63, 3.8) is 0 Å². The number of carbonyl (C=O) groups excluding carboxylic acids is 1. The Morgan fingerprint density at radius 1 is 1.10 bits per heavy atom. The van der Waals surface area contributed by atoms with Crippen LogP contribution < -0.4 is 5.32 Å². The van der Waals surface area contributed by atoms with Crippen LogP contribution in [0, 0.1) is 0 Å². The highest BCUT2D eigenvalue weighted by Crippen LogP contribution is 2.30. The number of nitrogens with one attached hydrogen (secondary N) is 1. The molecule has 2 aromatic carbocycles. The van der Waals surface area contributed by atoms with E-state index in [0.29, 0.717) is 10.7 Å².